The van der Waals surface area contributed by atoms with Gasteiger partial charge in [-0.05, 0) is 12.1 Å². The van der Waals surface area contributed by atoms with Crippen LogP contribution in [0.15, 0.2) is 60.7 Å². The van der Waals surface area contributed by atoms with Gasteiger partial charge in [-0.25, -0.2) is 9.78 Å². The molecule has 6 heteroatoms. The van der Waals surface area contributed by atoms with Crippen molar-refractivity contribution in [3.63, 3.8) is 0 Å². The van der Waals surface area contributed by atoms with Gasteiger partial charge in [0.15, 0.2) is 6.61 Å². The summed E-state index contributed by atoms with van der Waals surface area (Å²) in [5, 5.41) is 3.29. The van der Waals surface area contributed by atoms with Crippen molar-refractivity contribution in [1.82, 2.24) is 10.3 Å². The fourth-order valence-corrected chi connectivity index (χ4v) is 2.65. The van der Waals surface area contributed by atoms with Crippen LogP contribution in [0.5, 0.6) is 0 Å². The van der Waals surface area contributed by atoms with Gasteiger partial charge in [-0.15, -0.1) is 0 Å². The van der Waals surface area contributed by atoms with Gasteiger partial charge in [0.2, 0.25) is 0 Å². The molecule has 2 aromatic carbocycles. The van der Waals surface area contributed by atoms with Crippen molar-refractivity contribution in [1.29, 1.82) is 0 Å². The summed E-state index contributed by atoms with van der Waals surface area (Å²) in [7, 11) is 1.55. The van der Waals surface area contributed by atoms with E-state index in [0.717, 1.165) is 5.56 Å². The van der Waals surface area contributed by atoms with E-state index in [-0.39, 0.29) is 12.5 Å². The van der Waals surface area contributed by atoms with Gasteiger partial charge >= 0.3 is 5.97 Å². The summed E-state index contributed by atoms with van der Waals surface area (Å²) in [6, 6.07) is 18.6. The lowest BCUT2D eigenvalue weighted by Crippen LogP contribution is -2.31. The molecule has 6 nitrogen and oxygen atoms in total. The first-order valence-corrected chi connectivity index (χ1v) is 8.57. The molecule has 3 rings (SSSR count). The van der Waals surface area contributed by atoms with Crippen LogP contribution >= 0.6 is 0 Å². The van der Waals surface area contributed by atoms with Gasteiger partial charge in [-0.1, -0.05) is 48.5 Å². The quantitative estimate of drug-likeness (QED) is 0.515. The normalized spacial score (nSPS) is 10.6. The Hall–Kier alpha value is -3.25. The molecule has 0 atom stereocenters. The minimum Gasteiger partial charge on any atom is -0.452 e. The molecule has 1 amide bonds. The highest BCUT2D eigenvalue weighted by Crippen LogP contribution is 2.25. The molecule has 0 unspecified atom stereocenters. The van der Waals surface area contributed by atoms with Gasteiger partial charge in [0.25, 0.3) is 5.91 Å². The Labute approximate surface area is 157 Å². The Bertz CT molecular complexity index is 941. The molecule has 0 saturated heterocycles. The number of nitrogens with zero attached hydrogens (tertiary/aromatic N) is 1. The number of carbonyl (C=O) groups is 2. The summed E-state index contributed by atoms with van der Waals surface area (Å²) in [5.41, 5.74) is 2.64. The Morgan fingerprint density at radius 1 is 1.04 bits per heavy atom. The predicted molar refractivity (Wildman–Crippen MR) is 102 cm³/mol. The molecule has 138 valence electrons. The van der Waals surface area contributed by atoms with Gasteiger partial charge < -0.3 is 14.8 Å². The van der Waals surface area contributed by atoms with E-state index in [1.807, 2.05) is 54.6 Å². The second-order valence-electron chi connectivity index (χ2n) is 5.86. The molecule has 0 fully saturated rings. The van der Waals surface area contributed by atoms with Crippen molar-refractivity contribution in [2.24, 2.45) is 0 Å². The first-order valence-electron chi connectivity index (χ1n) is 8.57. The molecule has 0 spiro atoms. The average Bonchev–Trinajstić information content (AvgIpc) is 2.72. The number of fused-ring (bicyclic) bond motifs is 1. The Balaban J connectivity index is 1.84. The molecule has 0 bridgehead atoms. The summed E-state index contributed by atoms with van der Waals surface area (Å²) in [5.74, 6) is -0.935. The summed E-state index contributed by atoms with van der Waals surface area (Å²) in [6.07, 6.45) is 0. The number of nitrogens with one attached hydrogen (secondary N) is 1. The lowest BCUT2D eigenvalue weighted by atomic mass is 10.0. The fourth-order valence-electron chi connectivity index (χ4n) is 2.65. The molecule has 27 heavy (non-hydrogen) atoms. The van der Waals surface area contributed by atoms with Gasteiger partial charge in [-0.2, -0.15) is 0 Å². The minimum atomic E-state index is -0.562. The van der Waals surface area contributed by atoms with E-state index in [4.69, 9.17) is 9.47 Å². The first kappa shape index (κ1) is 18.5. The monoisotopic (exact) mass is 364 g/mol. The molecule has 0 saturated carbocycles. The number of hydrogen-bond donors (Lipinski definition) is 1. The summed E-state index contributed by atoms with van der Waals surface area (Å²) < 4.78 is 10.1. The predicted octanol–water partition coefficient (Wildman–Crippen LogP) is 2.82. The smallest absolute Gasteiger partial charge is 0.339 e. The molecule has 0 aliphatic heterocycles. The lowest BCUT2D eigenvalue weighted by Gasteiger charge is -2.10. The lowest BCUT2D eigenvalue weighted by molar-refractivity contribution is -0.124. The van der Waals surface area contributed by atoms with Crippen LogP contribution in [0.25, 0.3) is 22.2 Å². The number of benzene rings is 2. The van der Waals surface area contributed by atoms with E-state index in [2.05, 4.69) is 10.3 Å². The zero-order valence-electron chi connectivity index (χ0n) is 15.0. The van der Waals surface area contributed by atoms with E-state index in [1.165, 1.54) is 0 Å². The van der Waals surface area contributed by atoms with Crippen LogP contribution in [0, 0.1) is 0 Å². The number of esters is 1. The minimum absolute atomic E-state index is 0.347. The standard InChI is InChI=1S/C21H20N2O4/c1-26-12-11-22-20(24)14-27-21(25)17-13-19(15-7-3-2-4-8-15)23-18-10-6-5-9-16(17)18/h2-10,13H,11-12,14H2,1H3,(H,22,24). The van der Waals surface area contributed by atoms with Crippen LogP contribution in [-0.4, -0.2) is 43.7 Å². The molecular formula is C21H20N2O4. The van der Waals surface area contributed by atoms with Crippen LogP contribution in [0.2, 0.25) is 0 Å². The largest absolute Gasteiger partial charge is 0.452 e. The highest BCUT2D eigenvalue weighted by Gasteiger charge is 2.16. The topological polar surface area (TPSA) is 77.5 Å². The number of para-hydroxylation sites is 1. The maximum Gasteiger partial charge on any atom is 0.339 e. The third kappa shape index (κ3) is 4.68. The molecule has 0 radical (unpaired) electrons. The summed E-state index contributed by atoms with van der Waals surface area (Å²) in [6.45, 7) is 0.415. The van der Waals surface area contributed by atoms with Crippen molar-refractivity contribution in [3.05, 3.63) is 66.2 Å². The highest BCUT2D eigenvalue weighted by molar-refractivity contribution is 6.05. The molecular weight excluding hydrogens is 344 g/mol. The number of carbonyl (C=O) groups excluding carboxylic acids is 2. The second-order valence-corrected chi connectivity index (χ2v) is 5.86. The number of aromatic nitrogens is 1. The zero-order valence-corrected chi connectivity index (χ0v) is 15.0. The van der Waals surface area contributed by atoms with Crippen LogP contribution in [0.1, 0.15) is 10.4 Å². The van der Waals surface area contributed by atoms with E-state index < -0.39 is 5.97 Å². The van der Waals surface area contributed by atoms with Gasteiger partial charge in [0, 0.05) is 24.6 Å². The van der Waals surface area contributed by atoms with Crippen molar-refractivity contribution >= 4 is 22.8 Å². The van der Waals surface area contributed by atoms with Gasteiger partial charge in [0.05, 0.1) is 23.4 Å². The molecule has 1 aromatic heterocycles. The van der Waals surface area contributed by atoms with E-state index in [9.17, 15) is 9.59 Å². The van der Waals surface area contributed by atoms with Gasteiger partial charge in [0.1, 0.15) is 0 Å². The molecule has 1 heterocycles. The highest BCUT2D eigenvalue weighted by atomic mass is 16.5. The number of hydrogen-bond acceptors (Lipinski definition) is 5. The van der Waals surface area contributed by atoms with Crippen molar-refractivity contribution < 1.29 is 19.1 Å². The van der Waals surface area contributed by atoms with Crippen LogP contribution in [-0.2, 0) is 14.3 Å². The van der Waals surface area contributed by atoms with Crippen molar-refractivity contribution in [3.8, 4) is 11.3 Å². The van der Waals surface area contributed by atoms with E-state index in [1.54, 1.807) is 13.2 Å². The molecule has 0 aliphatic carbocycles. The Morgan fingerprint density at radius 2 is 1.78 bits per heavy atom. The Kier molecular flexibility index (Phi) is 6.12. The number of rotatable bonds is 7. The number of methoxy groups -OCH3 is 1. The first-order chi connectivity index (χ1) is 13.2. The average molecular weight is 364 g/mol. The number of ether oxygens (including phenoxy) is 2. The molecule has 0 aliphatic rings. The maximum absolute atomic E-state index is 12.6. The summed E-state index contributed by atoms with van der Waals surface area (Å²) in [4.78, 5) is 29.0. The van der Waals surface area contributed by atoms with Crippen LogP contribution in [0.3, 0.4) is 0 Å². The molecule has 3 aromatic rings. The van der Waals surface area contributed by atoms with Crippen LogP contribution < -0.4 is 5.32 Å². The third-order valence-electron chi connectivity index (χ3n) is 3.97. The summed E-state index contributed by atoms with van der Waals surface area (Å²) >= 11 is 0. The zero-order chi connectivity index (χ0) is 19.1. The van der Waals surface area contributed by atoms with Crippen molar-refractivity contribution in [2.45, 2.75) is 0 Å². The van der Waals surface area contributed by atoms with E-state index >= 15 is 0 Å². The SMILES string of the molecule is COCCNC(=O)COC(=O)c1cc(-c2ccccc2)nc2ccccc12. The Morgan fingerprint density at radius 3 is 2.56 bits per heavy atom. The van der Waals surface area contributed by atoms with Gasteiger partial charge in [-0.3, -0.25) is 4.79 Å². The second kappa shape index (κ2) is 8.91. The van der Waals surface area contributed by atoms with Crippen molar-refractivity contribution in [2.75, 3.05) is 26.9 Å². The fraction of sp³-hybridized carbons (Fsp3) is 0.190. The number of pyridine rings is 1. The van der Waals surface area contributed by atoms with Crippen LogP contribution in [0.4, 0.5) is 0 Å². The third-order valence-corrected chi connectivity index (χ3v) is 3.97. The van der Waals surface area contributed by atoms with E-state index in [0.29, 0.717) is 35.3 Å². The number of amides is 1. The maximum atomic E-state index is 12.6. The molecule has 1 N–H and O–H groups in total.